The minimum atomic E-state index is -0.629. The molecule has 1 unspecified atom stereocenters. The zero-order valence-electron chi connectivity index (χ0n) is 13.5. The number of aliphatic hydroxyl groups excluding tert-OH is 1. The van der Waals surface area contributed by atoms with Crippen molar-refractivity contribution in [2.45, 2.75) is 19.6 Å². The van der Waals surface area contributed by atoms with Crippen LogP contribution in [0.1, 0.15) is 23.5 Å². The van der Waals surface area contributed by atoms with Gasteiger partial charge in [-0.2, -0.15) is 0 Å². The lowest BCUT2D eigenvalue weighted by Crippen LogP contribution is -2.39. The molecule has 124 valence electrons. The largest absolute Gasteiger partial charge is 0.497 e. The third kappa shape index (κ3) is 5.58. The molecule has 23 heavy (non-hydrogen) atoms. The van der Waals surface area contributed by atoms with Crippen molar-refractivity contribution in [1.29, 1.82) is 0 Å². The summed E-state index contributed by atoms with van der Waals surface area (Å²) in [5.41, 5.74) is 0.811. The van der Waals surface area contributed by atoms with E-state index in [1.165, 1.54) is 4.88 Å². The maximum atomic E-state index is 10.3. The smallest absolute Gasteiger partial charge is 0.191 e. The number of nitrogens with zero attached hydrogens (tertiary/aromatic N) is 1. The number of aliphatic imine (C=N–C) groups is 1. The molecule has 3 N–H and O–H groups in total. The molecule has 5 nitrogen and oxygen atoms in total. The van der Waals surface area contributed by atoms with Gasteiger partial charge in [0.15, 0.2) is 5.96 Å². The van der Waals surface area contributed by atoms with Crippen LogP contribution in [0.15, 0.2) is 46.8 Å². The van der Waals surface area contributed by atoms with Crippen molar-refractivity contribution < 1.29 is 9.84 Å². The molecule has 0 saturated heterocycles. The van der Waals surface area contributed by atoms with Gasteiger partial charge in [-0.25, -0.2) is 4.99 Å². The second-order valence-electron chi connectivity index (χ2n) is 4.95. The molecule has 1 atom stereocenters. The predicted octanol–water partition coefficient (Wildman–Crippen LogP) is 2.55. The summed E-state index contributed by atoms with van der Waals surface area (Å²) < 4.78 is 5.18. The molecule has 2 aromatic rings. The third-order valence-corrected chi connectivity index (χ3v) is 4.12. The van der Waals surface area contributed by atoms with Gasteiger partial charge in [0, 0.05) is 18.0 Å². The van der Waals surface area contributed by atoms with Crippen LogP contribution in [0.4, 0.5) is 0 Å². The Morgan fingerprint density at radius 3 is 2.87 bits per heavy atom. The number of methoxy groups -OCH3 is 1. The molecule has 0 bridgehead atoms. The Bertz CT molecular complexity index is 614. The SMILES string of the molecule is CCNC(=NCc1cccs1)NCC(O)c1cccc(OC)c1. The minimum absolute atomic E-state index is 0.378. The molecule has 0 saturated carbocycles. The average Bonchev–Trinajstić information content (AvgIpc) is 3.10. The van der Waals surface area contributed by atoms with Gasteiger partial charge in [0.2, 0.25) is 0 Å². The molecular formula is C17H23N3O2S. The topological polar surface area (TPSA) is 65.9 Å². The van der Waals surface area contributed by atoms with E-state index in [4.69, 9.17) is 4.74 Å². The number of guanidine groups is 1. The molecule has 0 aliphatic heterocycles. The quantitative estimate of drug-likeness (QED) is 0.538. The first kappa shape index (κ1) is 17.3. The van der Waals surface area contributed by atoms with Gasteiger partial charge >= 0.3 is 0 Å². The van der Waals surface area contributed by atoms with Gasteiger partial charge < -0.3 is 20.5 Å². The standard InChI is InChI=1S/C17H23N3O2S/c1-3-18-17(19-11-15-8-5-9-23-15)20-12-16(21)13-6-4-7-14(10-13)22-2/h4-10,16,21H,3,11-12H2,1-2H3,(H2,18,19,20). The number of aliphatic hydroxyl groups is 1. The highest BCUT2D eigenvalue weighted by Crippen LogP contribution is 2.18. The van der Waals surface area contributed by atoms with Crippen molar-refractivity contribution >= 4 is 17.3 Å². The Balaban J connectivity index is 1.93. The molecule has 6 heteroatoms. The van der Waals surface area contributed by atoms with Crippen LogP contribution in [0.3, 0.4) is 0 Å². The summed E-state index contributed by atoms with van der Waals surface area (Å²) >= 11 is 1.68. The molecule has 0 amide bonds. The first-order valence-corrected chi connectivity index (χ1v) is 8.47. The monoisotopic (exact) mass is 333 g/mol. The van der Waals surface area contributed by atoms with Crippen molar-refractivity contribution in [3.05, 3.63) is 52.2 Å². The Morgan fingerprint density at radius 2 is 2.17 bits per heavy atom. The van der Waals surface area contributed by atoms with Gasteiger partial charge in [-0.15, -0.1) is 11.3 Å². The van der Waals surface area contributed by atoms with Crippen LogP contribution >= 0.6 is 11.3 Å². The molecule has 0 spiro atoms. The van der Waals surface area contributed by atoms with Crippen LogP contribution in [-0.4, -0.2) is 31.3 Å². The highest BCUT2D eigenvalue weighted by atomic mass is 32.1. The molecule has 0 aliphatic rings. The maximum Gasteiger partial charge on any atom is 0.191 e. The van der Waals surface area contributed by atoms with Crippen LogP contribution < -0.4 is 15.4 Å². The minimum Gasteiger partial charge on any atom is -0.497 e. The lowest BCUT2D eigenvalue weighted by Gasteiger charge is -2.16. The van der Waals surface area contributed by atoms with Gasteiger partial charge in [-0.05, 0) is 36.1 Å². The first-order chi connectivity index (χ1) is 11.2. The second kappa shape index (κ2) is 9.17. The lowest BCUT2D eigenvalue weighted by molar-refractivity contribution is 0.180. The van der Waals surface area contributed by atoms with Crippen LogP contribution in [0.2, 0.25) is 0 Å². The number of nitrogens with one attached hydrogen (secondary N) is 2. The van der Waals surface area contributed by atoms with Gasteiger partial charge in [0.05, 0.1) is 19.8 Å². The summed E-state index contributed by atoms with van der Waals surface area (Å²) in [7, 11) is 1.62. The van der Waals surface area contributed by atoms with E-state index in [0.717, 1.165) is 17.9 Å². The van der Waals surface area contributed by atoms with Crippen LogP contribution in [0, 0.1) is 0 Å². The second-order valence-corrected chi connectivity index (χ2v) is 5.98. The van der Waals surface area contributed by atoms with E-state index in [-0.39, 0.29) is 0 Å². The third-order valence-electron chi connectivity index (χ3n) is 3.26. The Hall–Kier alpha value is -2.05. The van der Waals surface area contributed by atoms with Crippen LogP contribution in [-0.2, 0) is 6.54 Å². The van der Waals surface area contributed by atoms with E-state index in [1.54, 1.807) is 18.4 Å². The number of thiophene rings is 1. The molecule has 2 rings (SSSR count). The molecule has 0 aliphatic carbocycles. The highest BCUT2D eigenvalue weighted by molar-refractivity contribution is 7.09. The molecular weight excluding hydrogens is 310 g/mol. The van der Waals surface area contributed by atoms with E-state index in [2.05, 4.69) is 21.7 Å². The molecule has 1 heterocycles. The Kier molecular flexibility index (Phi) is 6.90. The predicted molar refractivity (Wildman–Crippen MR) is 95.1 cm³/mol. The van der Waals surface area contributed by atoms with E-state index < -0.39 is 6.10 Å². The average molecular weight is 333 g/mol. The van der Waals surface area contributed by atoms with Crippen LogP contribution in [0.25, 0.3) is 0 Å². The van der Waals surface area contributed by atoms with Gasteiger partial charge in [-0.1, -0.05) is 18.2 Å². The zero-order valence-corrected chi connectivity index (χ0v) is 14.3. The number of hydrogen-bond acceptors (Lipinski definition) is 4. The molecule has 0 fully saturated rings. The van der Waals surface area contributed by atoms with E-state index in [9.17, 15) is 5.11 Å². The molecule has 1 aromatic carbocycles. The van der Waals surface area contributed by atoms with Gasteiger partial charge in [-0.3, -0.25) is 0 Å². The van der Waals surface area contributed by atoms with Gasteiger partial charge in [0.1, 0.15) is 5.75 Å². The number of ether oxygens (including phenoxy) is 1. The van der Waals surface area contributed by atoms with Crippen molar-refractivity contribution in [1.82, 2.24) is 10.6 Å². The normalized spacial score (nSPS) is 12.7. The van der Waals surface area contributed by atoms with E-state index in [1.807, 2.05) is 42.6 Å². The number of hydrogen-bond donors (Lipinski definition) is 3. The number of benzene rings is 1. The maximum absolute atomic E-state index is 10.3. The van der Waals surface area contributed by atoms with Crippen molar-refractivity contribution in [3.63, 3.8) is 0 Å². The van der Waals surface area contributed by atoms with Crippen LogP contribution in [0.5, 0.6) is 5.75 Å². The Morgan fingerprint density at radius 1 is 1.30 bits per heavy atom. The van der Waals surface area contributed by atoms with Gasteiger partial charge in [0.25, 0.3) is 0 Å². The fourth-order valence-electron chi connectivity index (χ4n) is 2.06. The zero-order chi connectivity index (χ0) is 16.5. The first-order valence-electron chi connectivity index (χ1n) is 7.59. The molecule has 1 aromatic heterocycles. The number of rotatable bonds is 7. The highest BCUT2D eigenvalue weighted by Gasteiger charge is 2.09. The summed E-state index contributed by atoms with van der Waals surface area (Å²) in [5, 5.41) is 18.7. The van der Waals surface area contributed by atoms with Crippen molar-refractivity contribution in [3.8, 4) is 5.75 Å². The summed E-state index contributed by atoms with van der Waals surface area (Å²) in [6, 6.07) is 11.5. The van der Waals surface area contributed by atoms with E-state index >= 15 is 0 Å². The van der Waals surface area contributed by atoms with E-state index in [0.29, 0.717) is 19.0 Å². The lowest BCUT2D eigenvalue weighted by atomic mass is 10.1. The summed E-state index contributed by atoms with van der Waals surface area (Å²) in [6.07, 6.45) is -0.629. The summed E-state index contributed by atoms with van der Waals surface area (Å²) in [5.74, 6) is 1.43. The Labute approximate surface area is 141 Å². The fourth-order valence-corrected chi connectivity index (χ4v) is 2.69. The summed E-state index contributed by atoms with van der Waals surface area (Å²) in [4.78, 5) is 5.73. The van der Waals surface area contributed by atoms with Crippen molar-refractivity contribution in [2.24, 2.45) is 4.99 Å². The van der Waals surface area contributed by atoms with Crippen molar-refractivity contribution in [2.75, 3.05) is 20.2 Å². The fraction of sp³-hybridized carbons (Fsp3) is 0.353. The summed E-state index contributed by atoms with van der Waals surface area (Å²) in [6.45, 7) is 3.79. The molecule has 0 radical (unpaired) electrons.